The predicted molar refractivity (Wildman–Crippen MR) is 87.6 cm³/mol. The van der Waals surface area contributed by atoms with Gasteiger partial charge in [-0.1, -0.05) is 30.3 Å². The number of ether oxygens (including phenoxy) is 1. The minimum Gasteiger partial charge on any atom is -0.367 e. The molecule has 1 aliphatic rings. The number of ketones is 1. The Morgan fingerprint density at radius 2 is 1.86 bits per heavy atom. The van der Waals surface area contributed by atoms with Gasteiger partial charge in [0.15, 0.2) is 5.78 Å². The van der Waals surface area contributed by atoms with Crippen molar-refractivity contribution in [3.63, 3.8) is 0 Å². The number of benzene rings is 2. The molecule has 0 amide bonds. The maximum Gasteiger partial charge on any atom is 0.194 e. The molecule has 1 radical (unpaired) electrons. The first-order chi connectivity index (χ1) is 10.8. The average Bonchev–Trinajstić information content (AvgIpc) is 2.58. The Morgan fingerprint density at radius 1 is 1.14 bits per heavy atom. The molecular weight excluding hydrogens is 276 g/mol. The lowest BCUT2D eigenvalue weighted by molar-refractivity contribution is 0.0270. The fourth-order valence-electron chi connectivity index (χ4n) is 2.50. The summed E-state index contributed by atoms with van der Waals surface area (Å²) in [7, 11) is 0. The third-order valence-electron chi connectivity index (χ3n) is 3.70. The molecule has 1 unspecified atom stereocenters. The van der Waals surface area contributed by atoms with Crippen LogP contribution in [0.1, 0.15) is 15.9 Å². The van der Waals surface area contributed by atoms with E-state index in [0.717, 1.165) is 23.5 Å². The van der Waals surface area contributed by atoms with Crippen molar-refractivity contribution in [2.24, 2.45) is 0 Å². The number of Topliss-reactive ketones (excluding diaryl/α,β-unsaturated/α-hetero) is 1. The molecule has 1 heterocycles. The van der Waals surface area contributed by atoms with E-state index >= 15 is 0 Å². The second-order valence-corrected chi connectivity index (χ2v) is 5.26. The molecule has 4 nitrogen and oxygen atoms in total. The van der Waals surface area contributed by atoms with Crippen LogP contribution in [0.4, 0.5) is 11.4 Å². The van der Waals surface area contributed by atoms with Crippen molar-refractivity contribution in [3.05, 3.63) is 66.6 Å². The summed E-state index contributed by atoms with van der Waals surface area (Å²) in [5, 5.41) is 6.49. The predicted octanol–water partition coefficient (Wildman–Crippen LogP) is 2.78. The van der Waals surface area contributed by atoms with Crippen molar-refractivity contribution in [2.75, 3.05) is 25.0 Å². The van der Waals surface area contributed by atoms with Gasteiger partial charge in [0, 0.05) is 30.0 Å². The summed E-state index contributed by atoms with van der Waals surface area (Å²) < 4.78 is 5.57. The van der Waals surface area contributed by atoms with E-state index in [0.29, 0.717) is 18.7 Å². The highest BCUT2D eigenvalue weighted by Gasteiger charge is 2.24. The number of carbonyl (C=O) groups excluding carboxylic acids is 1. The standard InChI is InChI=1S/C18H19N2O2/c1-13-6-2-4-8-15(13)20-16-9-5-3-7-14(16)18(21)17-12-19-10-11-22-17/h2-9,17,19-20H,1,10-12H2. The van der Waals surface area contributed by atoms with Crippen LogP contribution >= 0.6 is 0 Å². The Balaban J connectivity index is 1.86. The molecule has 4 heteroatoms. The van der Waals surface area contributed by atoms with Crippen LogP contribution in [0.2, 0.25) is 0 Å². The molecule has 22 heavy (non-hydrogen) atoms. The van der Waals surface area contributed by atoms with Crippen molar-refractivity contribution < 1.29 is 9.53 Å². The second kappa shape index (κ2) is 6.73. The van der Waals surface area contributed by atoms with Gasteiger partial charge in [0.2, 0.25) is 0 Å². The van der Waals surface area contributed by atoms with Gasteiger partial charge in [0.1, 0.15) is 6.10 Å². The van der Waals surface area contributed by atoms with Crippen molar-refractivity contribution >= 4 is 17.2 Å². The van der Waals surface area contributed by atoms with Crippen molar-refractivity contribution in [1.29, 1.82) is 0 Å². The monoisotopic (exact) mass is 295 g/mol. The smallest absolute Gasteiger partial charge is 0.194 e. The van der Waals surface area contributed by atoms with Crippen LogP contribution in [0.3, 0.4) is 0 Å². The van der Waals surface area contributed by atoms with Crippen molar-refractivity contribution in [2.45, 2.75) is 6.10 Å². The first kappa shape index (κ1) is 14.8. The normalized spacial score (nSPS) is 18.0. The summed E-state index contributed by atoms with van der Waals surface area (Å²) in [6.45, 7) is 5.91. The summed E-state index contributed by atoms with van der Waals surface area (Å²) in [5.41, 5.74) is 3.20. The molecule has 2 N–H and O–H groups in total. The Labute approximate surface area is 130 Å². The molecule has 0 aliphatic carbocycles. The van der Waals surface area contributed by atoms with E-state index < -0.39 is 6.10 Å². The van der Waals surface area contributed by atoms with Gasteiger partial charge < -0.3 is 15.4 Å². The molecule has 0 saturated carbocycles. The first-order valence-electron chi connectivity index (χ1n) is 7.39. The highest BCUT2D eigenvalue weighted by molar-refractivity contribution is 6.04. The van der Waals surface area contributed by atoms with Gasteiger partial charge in [-0.3, -0.25) is 4.79 Å². The van der Waals surface area contributed by atoms with Crippen LogP contribution in [-0.4, -0.2) is 31.6 Å². The molecule has 0 aromatic heterocycles. The summed E-state index contributed by atoms with van der Waals surface area (Å²) in [4.78, 5) is 12.7. The van der Waals surface area contributed by atoms with Crippen molar-refractivity contribution in [3.8, 4) is 0 Å². The fraction of sp³-hybridized carbons (Fsp3) is 0.222. The Kier molecular flexibility index (Phi) is 4.51. The van der Waals surface area contributed by atoms with Gasteiger partial charge >= 0.3 is 0 Å². The number of carbonyl (C=O) groups is 1. The number of nitrogens with one attached hydrogen (secondary N) is 2. The van der Waals surface area contributed by atoms with E-state index in [4.69, 9.17) is 4.74 Å². The van der Waals surface area contributed by atoms with Gasteiger partial charge in [-0.15, -0.1) is 0 Å². The first-order valence-corrected chi connectivity index (χ1v) is 7.39. The summed E-state index contributed by atoms with van der Waals surface area (Å²) in [6, 6.07) is 15.3. The molecule has 1 fully saturated rings. The largest absolute Gasteiger partial charge is 0.367 e. The van der Waals surface area contributed by atoms with Gasteiger partial charge in [-0.05, 0) is 30.7 Å². The van der Waals surface area contributed by atoms with Crippen LogP contribution in [-0.2, 0) is 4.74 Å². The molecule has 2 aromatic carbocycles. The van der Waals surface area contributed by atoms with Gasteiger partial charge in [0.05, 0.1) is 6.61 Å². The lowest BCUT2D eigenvalue weighted by Gasteiger charge is -2.23. The molecular formula is C18H19N2O2. The summed E-state index contributed by atoms with van der Waals surface area (Å²) >= 11 is 0. The zero-order valence-corrected chi connectivity index (χ0v) is 12.3. The fourth-order valence-corrected chi connectivity index (χ4v) is 2.50. The minimum atomic E-state index is -0.424. The lowest BCUT2D eigenvalue weighted by Crippen LogP contribution is -2.43. The highest BCUT2D eigenvalue weighted by Crippen LogP contribution is 2.24. The van der Waals surface area contributed by atoms with E-state index in [9.17, 15) is 4.79 Å². The zero-order chi connectivity index (χ0) is 15.4. The minimum absolute atomic E-state index is 0.00292. The molecule has 1 aliphatic heterocycles. The number of para-hydroxylation sites is 2. The Bertz CT molecular complexity index is 664. The van der Waals surface area contributed by atoms with E-state index in [-0.39, 0.29) is 5.78 Å². The maximum atomic E-state index is 12.7. The lowest BCUT2D eigenvalue weighted by atomic mass is 10.0. The van der Waals surface area contributed by atoms with Crippen LogP contribution in [0.25, 0.3) is 0 Å². The molecule has 2 aromatic rings. The van der Waals surface area contributed by atoms with Gasteiger partial charge in [-0.25, -0.2) is 0 Å². The zero-order valence-electron chi connectivity index (χ0n) is 12.3. The van der Waals surface area contributed by atoms with E-state index in [1.165, 1.54) is 0 Å². The molecule has 3 rings (SSSR count). The van der Waals surface area contributed by atoms with Crippen LogP contribution in [0, 0.1) is 6.92 Å². The van der Waals surface area contributed by atoms with Crippen molar-refractivity contribution in [1.82, 2.24) is 5.32 Å². The molecule has 1 atom stereocenters. The van der Waals surface area contributed by atoms with Crippen LogP contribution < -0.4 is 10.6 Å². The molecule has 0 spiro atoms. The van der Waals surface area contributed by atoms with E-state index in [1.54, 1.807) is 0 Å². The second-order valence-electron chi connectivity index (χ2n) is 5.26. The van der Waals surface area contributed by atoms with Crippen LogP contribution in [0.5, 0.6) is 0 Å². The molecule has 1 saturated heterocycles. The SMILES string of the molecule is [CH2]c1ccccc1Nc1ccccc1C(=O)C1CNCCO1. The third kappa shape index (κ3) is 3.18. The average molecular weight is 295 g/mol. The third-order valence-corrected chi connectivity index (χ3v) is 3.70. The topological polar surface area (TPSA) is 50.4 Å². The highest BCUT2D eigenvalue weighted by atomic mass is 16.5. The number of hydrogen-bond donors (Lipinski definition) is 2. The van der Waals surface area contributed by atoms with E-state index in [1.807, 2.05) is 48.5 Å². The number of anilines is 2. The maximum absolute atomic E-state index is 12.7. The summed E-state index contributed by atoms with van der Waals surface area (Å²) in [6.07, 6.45) is -0.424. The Morgan fingerprint density at radius 3 is 2.59 bits per heavy atom. The van der Waals surface area contributed by atoms with Gasteiger partial charge in [-0.2, -0.15) is 0 Å². The van der Waals surface area contributed by atoms with Crippen LogP contribution in [0.15, 0.2) is 48.5 Å². The van der Waals surface area contributed by atoms with Gasteiger partial charge in [0.25, 0.3) is 0 Å². The molecule has 113 valence electrons. The van der Waals surface area contributed by atoms with E-state index in [2.05, 4.69) is 17.6 Å². The number of morpholine rings is 1. The Hall–Kier alpha value is -2.17. The number of hydrogen-bond acceptors (Lipinski definition) is 4. The molecule has 0 bridgehead atoms. The number of rotatable bonds is 4. The quantitative estimate of drug-likeness (QED) is 0.852. The summed E-state index contributed by atoms with van der Waals surface area (Å²) in [5.74, 6) is -0.00292.